The van der Waals surface area contributed by atoms with Crippen LogP contribution in [-0.2, 0) is 9.47 Å². The van der Waals surface area contributed by atoms with E-state index >= 15 is 0 Å². The van der Waals surface area contributed by atoms with Gasteiger partial charge >= 0.3 is 0 Å². The molecule has 0 amide bonds. The molecule has 0 aliphatic carbocycles. The van der Waals surface area contributed by atoms with Gasteiger partial charge in [-0.2, -0.15) is 0 Å². The molecule has 2 fully saturated rings. The zero-order valence-electron chi connectivity index (χ0n) is 12.6. The summed E-state index contributed by atoms with van der Waals surface area (Å²) in [4.78, 5) is 2.18. The maximum absolute atomic E-state index is 8.88. The maximum atomic E-state index is 8.88. The van der Waals surface area contributed by atoms with E-state index in [1.54, 1.807) is 14.2 Å². The van der Waals surface area contributed by atoms with Gasteiger partial charge in [0.1, 0.15) is 0 Å². The largest absolute Gasteiger partial charge is 0.396 e. The monoisotopic (exact) mass is 312 g/mol. The number of rotatable bonds is 4. The molecule has 2 heterocycles. The van der Waals surface area contributed by atoms with E-state index in [4.69, 9.17) is 19.7 Å². The number of nitrogens with zero attached hydrogens (tertiary/aromatic N) is 1. The van der Waals surface area contributed by atoms with Crippen molar-refractivity contribution in [1.82, 2.24) is 10.2 Å². The summed E-state index contributed by atoms with van der Waals surface area (Å²) in [6.45, 7) is 4.13. The van der Waals surface area contributed by atoms with Gasteiger partial charge in [-0.3, -0.25) is 0 Å². The Morgan fingerprint density at radius 1 is 1.00 bits per heavy atom. The van der Waals surface area contributed by atoms with E-state index in [0.29, 0.717) is 11.8 Å². The van der Waals surface area contributed by atoms with Crippen LogP contribution in [0.25, 0.3) is 0 Å². The molecule has 7 heteroatoms. The molecule has 2 rings (SSSR count). The first-order chi connectivity index (χ1) is 9.15. The summed E-state index contributed by atoms with van der Waals surface area (Å²) in [7, 11) is 5.43. The summed E-state index contributed by atoms with van der Waals surface area (Å²) in [5.41, 5.74) is 0. The molecule has 0 saturated carbocycles. The van der Waals surface area contributed by atoms with Crippen LogP contribution in [0, 0.1) is 11.8 Å². The Morgan fingerprint density at radius 2 is 1.60 bits per heavy atom. The van der Waals surface area contributed by atoms with Gasteiger partial charge in [-0.1, -0.05) is 0 Å². The number of methoxy groups -OCH3 is 2. The van der Waals surface area contributed by atoms with Crippen LogP contribution in [0.5, 0.6) is 0 Å². The van der Waals surface area contributed by atoms with Gasteiger partial charge < -0.3 is 29.9 Å². The van der Waals surface area contributed by atoms with Gasteiger partial charge in [0.05, 0.1) is 12.2 Å². The first-order valence-corrected chi connectivity index (χ1v) is 6.82. The number of halogens is 1. The first kappa shape index (κ1) is 20.1. The van der Waals surface area contributed by atoms with Gasteiger partial charge in [-0.25, -0.2) is 0 Å². The highest BCUT2D eigenvalue weighted by Crippen LogP contribution is 2.16. The molecular weight excluding hydrogens is 284 g/mol. The molecule has 0 aromatic heterocycles. The van der Waals surface area contributed by atoms with Crippen LogP contribution in [-0.4, -0.2) is 88.0 Å². The Balaban J connectivity index is 0.000000345. The van der Waals surface area contributed by atoms with Crippen molar-refractivity contribution in [2.24, 2.45) is 11.8 Å². The van der Waals surface area contributed by atoms with Gasteiger partial charge in [0.15, 0.2) is 0 Å². The third-order valence-electron chi connectivity index (χ3n) is 3.92. The summed E-state index contributed by atoms with van der Waals surface area (Å²) in [5.74, 6) is 0.616. The molecule has 0 radical (unpaired) electrons. The van der Waals surface area contributed by atoms with Crippen LogP contribution in [0.2, 0.25) is 0 Å². The lowest BCUT2D eigenvalue weighted by atomic mass is 10.1. The minimum atomic E-state index is 0. The molecule has 0 bridgehead atoms. The number of ether oxygens (including phenoxy) is 2. The predicted molar refractivity (Wildman–Crippen MR) is 80.4 cm³/mol. The van der Waals surface area contributed by atoms with E-state index in [2.05, 4.69) is 10.2 Å². The molecule has 3 N–H and O–H groups in total. The number of aliphatic hydroxyl groups is 2. The zero-order chi connectivity index (χ0) is 14.3. The van der Waals surface area contributed by atoms with Gasteiger partial charge in [0.2, 0.25) is 0 Å². The van der Waals surface area contributed by atoms with Crippen LogP contribution < -0.4 is 5.32 Å². The second-order valence-electron chi connectivity index (χ2n) is 5.31. The van der Waals surface area contributed by atoms with Gasteiger partial charge in [0, 0.05) is 65.4 Å². The van der Waals surface area contributed by atoms with Crippen molar-refractivity contribution in [3.05, 3.63) is 0 Å². The molecule has 0 spiro atoms. The maximum Gasteiger partial charge on any atom is 0.0760 e. The fourth-order valence-electron chi connectivity index (χ4n) is 2.66. The van der Waals surface area contributed by atoms with Gasteiger partial charge in [-0.15, -0.1) is 12.4 Å². The van der Waals surface area contributed by atoms with E-state index < -0.39 is 0 Å². The summed E-state index contributed by atoms with van der Waals surface area (Å²) in [6, 6.07) is 0. The Labute approximate surface area is 127 Å². The highest BCUT2D eigenvalue weighted by molar-refractivity contribution is 5.85. The lowest BCUT2D eigenvalue weighted by molar-refractivity contribution is 0.0563. The van der Waals surface area contributed by atoms with Crippen molar-refractivity contribution < 1.29 is 19.7 Å². The lowest BCUT2D eigenvalue weighted by Crippen LogP contribution is -2.23. The molecule has 20 heavy (non-hydrogen) atoms. The lowest BCUT2D eigenvalue weighted by Gasteiger charge is -2.12. The predicted octanol–water partition coefficient (Wildman–Crippen LogP) is -0.810. The van der Waals surface area contributed by atoms with Crippen LogP contribution >= 0.6 is 12.4 Å². The molecule has 122 valence electrons. The molecule has 4 atom stereocenters. The van der Waals surface area contributed by atoms with Crippen molar-refractivity contribution in [3.8, 4) is 0 Å². The number of nitrogens with one attached hydrogen (secondary N) is 1. The van der Waals surface area contributed by atoms with Crippen molar-refractivity contribution >= 4 is 12.4 Å². The number of likely N-dealkylation sites (N-methyl/N-ethyl adjacent to an activating group) is 1. The SMILES string of the molecule is CO[C@H]1CN(C)C[C@@H]1CO.CO[C@H]1CNC[C@@H]1CO.Cl. The van der Waals surface area contributed by atoms with Crippen LogP contribution in [0.1, 0.15) is 0 Å². The summed E-state index contributed by atoms with van der Waals surface area (Å²) in [6.07, 6.45) is 0.449. The molecule has 0 aromatic rings. The van der Waals surface area contributed by atoms with E-state index in [1.165, 1.54) is 0 Å². The first-order valence-electron chi connectivity index (χ1n) is 6.82. The van der Waals surface area contributed by atoms with Crippen molar-refractivity contribution in [2.45, 2.75) is 12.2 Å². The van der Waals surface area contributed by atoms with Crippen LogP contribution in [0.4, 0.5) is 0 Å². The zero-order valence-corrected chi connectivity index (χ0v) is 13.4. The molecular formula is C13H29ClN2O4. The molecule has 2 aliphatic heterocycles. The average molecular weight is 313 g/mol. The highest BCUT2D eigenvalue weighted by Gasteiger charge is 2.29. The number of likely N-dealkylation sites (tertiary alicyclic amines) is 1. The molecule has 2 saturated heterocycles. The number of aliphatic hydroxyl groups excluding tert-OH is 2. The Bertz CT molecular complexity index is 226. The highest BCUT2D eigenvalue weighted by atomic mass is 35.5. The number of hydrogen-bond donors (Lipinski definition) is 3. The summed E-state index contributed by atoms with van der Waals surface area (Å²) >= 11 is 0. The van der Waals surface area contributed by atoms with E-state index in [0.717, 1.165) is 26.2 Å². The van der Waals surface area contributed by atoms with Crippen LogP contribution in [0.15, 0.2) is 0 Å². The van der Waals surface area contributed by atoms with Crippen LogP contribution in [0.3, 0.4) is 0 Å². The molecule has 6 nitrogen and oxygen atoms in total. The van der Waals surface area contributed by atoms with E-state index in [1.807, 2.05) is 7.05 Å². The quantitative estimate of drug-likeness (QED) is 0.630. The van der Waals surface area contributed by atoms with Crippen molar-refractivity contribution in [1.29, 1.82) is 0 Å². The third kappa shape index (κ3) is 5.81. The standard InChI is InChI=1S/C7H15NO2.C6H13NO2.ClH/c1-8-3-6(5-9)7(4-8)10-2;1-9-6-3-7-2-5(6)4-8;/h6-7,9H,3-5H2,1-2H3;5-8H,2-4H2,1H3;1H/t6-,7+;5-,6+;/m11./s1. The molecule has 2 aliphatic rings. The average Bonchev–Trinajstić information content (AvgIpc) is 3.04. The van der Waals surface area contributed by atoms with E-state index in [-0.39, 0.29) is 37.8 Å². The van der Waals surface area contributed by atoms with Gasteiger partial charge in [0.25, 0.3) is 0 Å². The Morgan fingerprint density at radius 3 is 2.00 bits per heavy atom. The van der Waals surface area contributed by atoms with Crippen molar-refractivity contribution in [2.75, 3.05) is 60.7 Å². The number of hydrogen-bond acceptors (Lipinski definition) is 6. The van der Waals surface area contributed by atoms with Gasteiger partial charge in [-0.05, 0) is 7.05 Å². The normalized spacial score (nSPS) is 33.5. The Hall–Kier alpha value is 0.0500. The van der Waals surface area contributed by atoms with Crippen molar-refractivity contribution in [3.63, 3.8) is 0 Å². The molecule has 0 unspecified atom stereocenters. The summed E-state index contributed by atoms with van der Waals surface area (Å²) < 4.78 is 10.3. The minimum absolute atomic E-state index is 0. The topological polar surface area (TPSA) is 74.2 Å². The third-order valence-corrected chi connectivity index (χ3v) is 3.92. The fraction of sp³-hybridized carbons (Fsp3) is 1.00. The minimum Gasteiger partial charge on any atom is -0.396 e. The summed E-state index contributed by atoms with van der Waals surface area (Å²) in [5, 5.41) is 20.8. The second kappa shape index (κ2) is 10.7. The Kier molecular flexibility index (Phi) is 10.8. The second-order valence-corrected chi connectivity index (χ2v) is 5.31. The van der Waals surface area contributed by atoms with E-state index in [9.17, 15) is 0 Å². The smallest absolute Gasteiger partial charge is 0.0760 e. The molecule has 0 aromatic carbocycles. The fourth-order valence-corrected chi connectivity index (χ4v) is 2.66.